The Morgan fingerprint density at radius 1 is 1.22 bits per heavy atom. The number of aromatic amines is 1. The van der Waals surface area contributed by atoms with E-state index in [1.165, 1.54) is 0 Å². The summed E-state index contributed by atoms with van der Waals surface area (Å²) in [5.41, 5.74) is 5.19. The molecule has 2 aromatic heterocycles. The number of aryl methyl sites for hydroxylation is 3. The Morgan fingerprint density at radius 2 is 2.00 bits per heavy atom. The summed E-state index contributed by atoms with van der Waals surface area (Å²) >= 11 is 3.50. The van der Waals surface area contributed by atoms with Crippen LogP contribution >= 0.6 is 15.9 Å². The summed E-state index contributed by atoms with van der Waals surface area (Å²) in [5, 5.41) is 4.35. The van der Waals surface area contributed by atoms with Gasteiger partial charge in [-0.05, 0) is 37.6 Å². The molecule has 0 unspecified atom stereocenters. The van der Waals surface area contributed by atoms with Crippen LogP contribution in [0, 0.1) is 13.8 Å². The number of fused-ring (bicyclic) bond motifs is 1. The van der Waals surface area contributed by atoms with E-state index in [4.69, 9.17) is 0 Å². The first kappa shape index (κ1) is 11.5. The number of nitrogens with one attached hydrogen (secondary N) is 1. The number of hydrogen-bond acceptors (Lipinski definition) is 2. The third-order valence-electron chi connectivity index (χ3n) is 2.99. The summed E-state index contributed by atoms with van der Waals surface area (Å²) in [7, 11) is 1.93. The van der Waals surface area contributed by atoms with Gasteiger partial charge in [-0.25, -0.2) is 4.98 Å². The third kappa shape index (κ3) is 1.75. The summed E-state index contributed by atoms with van der Waals surface area (Å²) in [5.74, 6) is 0.856. The lowest BCUT2D eigenvalue weighted by Crippen LogP contribution is -1.94. The zero-order valence-corrected chi connectivity index (χ0v) is 12.0. The van der Waals surface area contributed by atoms with Crippen molar-refractivity contribution in [2.75, 3.05) is 0 Å². The van der Waals surface area contributed by atoms with Gasteiger partial charge in [0.15, 0.2) is 5.82 Å². The molecular formula is C13H13BrN4. The van der Waals surface area contributed by atoms with Gasteiger partial charge in [0, 0.05) is 11.5 Å². The minimum absolute atomic E-state index is 0.856. The number of aromatic nitrogens is 4. The molecule has 0 saturated carbocycles. The summed E-state index contributed by atoms with van der Waals surface area (Å²) in [4.78, 5) is 8.01. The zero-order chi connectivity index (χ0) is 12.9. The molecule has 2 heterocycles. The smallest absolute Gasteiger partial charge is 0.156 e. The van der Waals surface area contributed by atoms with Gasteiger partial charge in [0.25, 0.3) is 0 Å². The maximum atomic E-state index is 4.66. The molecule has 0 spiro atoms. The molecule has 0 aliphatic heterocycles. The molecule has 0 radical (unpaired) electrons. The van der Waals surface area contributed by atoms with Gasteiger partial charge in [-0.15, -0.1) is 0 Å². The summed E-state index contributed by atoms with van der Waals surface area (Å²) < 4.78 is 2.90. The average molecular weight is 305 g/mol. The molecule has 0 fully saturated rings. The minimum atomic E-state index is 0.856. The number of hydrogen-bond donors (Lipinski definition) is 1. The van der Waals surface area contributed by atoms with Crippen molar-refractivity contribution in [2.45, 2.75) is 13.8 Å². The van der Waals surface area contributed by atoms with Gasteiger partial charge in [0.05, 0.1) is 16.7 Å². The molecule has 4 nitrogen and oxygen atoms in total. The molecule has 3 rings (SSSR count). The van der Waals surface area contributed by atoms with Crippen LogP contribution in [0.25, 0.3) is 22.6 Å². The standard InChI is InChI=1S/C13H13BrN4/c1-7-4-9(14)6-10-12(7)16-13(15-10)11-5-8(2)17-18(11)3/h4-6H,1-3H3,(H,15,16). The van der Waals surface area contributed by atoms with Crippen LogP contribution in [0.15, 0.2) is 22.7 Å². The van der Waals surface area contributed by atoms with Gasteiger partial charge in [-0.2, -0.15) is 5.10 Å². The van der Waals surface area contributed by atoms with E-state index >= 15 is 0 Å². The predicted octanol–water partition coefficient (Wildman–Crippen LogP) is 3.34. The van der Waals surface area contributed by atoms with E-state index in [0.29, 0.717) is 0 Å². The first-order chi connectivity index (χ1) is 8.54. The summed E-state index contributed by atoms with van der Waals surface area (Å²) in [6.45, 7) is 4.04. The Hall–Kier alpha value is -1.62. The molecule has 5 heteroatoms. The van der Waals surface area contributed by atoms with E-state index in [2.05, 4.69) is 44.0 Å². The SMILES string of the molecule is Cc1cc(-c2nc3c(C)cc(Br)cc3[nH]2)n(C)n1. The highest BCUT2D eigenvalue weighted by Crippen LogP contribution is 2.26. The topological polar surface area (TPSA) is 46.5 Å². The van der Waals surface area contributed by atoms with Crippen LogP contribution < -0.4 is 0 Å². The second-order valence-corrected chi connectivity index (χ2v) is 5.41. The van der Waals surface area contributed by atoms with Crippen molar-refractivity contribution in [2.24, 2.45) is 7.05 Å². The first-order valence-corrected chi connectivity index (χ1v) is 6.51. The van der Waals surface area contributed by atoms with Crippen molar-refractivity contribution >= 4 is 27.0 Å². The second-order valence-electron chi connectivity index (χ2n) is 4.50. The zero-order valence-electron chi connectivity index (χ0n) is 10.5. The van der Waals surface area contributed by atoms with Crippen molar-refractivity contribution in [3.8, 4) is 11.5 Å². The number of benzene rings is 1. The Kier molecular flexibility index (Phi) is 2.52. The minimum Gasteiger partial charge on any atom is -0.337 e. The first-order valence-electron chi connectivity index (χ1n) is 5.71. The lowest BCUT2D eigenvalue weighted by molar-refractivity contribution is 0.760. The van der Waals surface area contributed by atoms with Crippen molar-refractivity contribution < 1.29 is 0 Å². The fourth-order valence-corrected chi connectivity index (χ4v) is 2.77. The van der Waals surface area contributed by atoms with Crippen molar-refractivity contribution in [1.82, 2.24) is 19.7 Å². The van der Waals surface area contributed by atoms with Gasteiger partial charge in [-0.1, -0.05) is 15.9 Å². The molecule has 3 aromatic rings. The highest BCUT2D eigenvalue weighted by atomic mass is 79.9. The number of halogens is 1. The van der Waals surface area contributed by atoms with Crippen molar-refractivity contribution in [3.63, 3.8) is 0 Å². The number of nitrogens with zero attached hydrogens (tertiary/aromatic N) is 3. The number of imidazole rings is 1. The Morgan fingerprint density at radius 3 is 2.67 bits per heavy atom. The van der Waals surface area contributed by atoms with E-state index in [9.17, 15) is 0 Å². The average Bonchev–Trinajstić information content (AvgIpc) is 2.81. The molecule has 0 aliphatic carbocycles. The fourth-order valence-electron chi connectivity index (χ4n) is 2.20. The van der Waals surface area contributed by atoms with Gasteiger partial charge in [0.1, 0.15) is 5.69 Å². The van der Waals surface area contributed by atoms with Crippen LogP contribution in [-0.4, -0.2) is 19.7 Å². The van der Waals surface area contributed by atoms with Crippen LogP contribution in [0.5, 0.6) is 0 Å². The normalized spacial score (nSPS) is 11.3. The summed E-state index contributed by atoms with van der Waals surface area (Å²) in [6.07, 6.45) is 0. The van der Waals surface area contributed by atoms with Crippen LogP contribution in [0.4, 0.5) is 0 Å². The molecule has 1 aromatic carbocycles. The Labute approximate surface area is 113 Å². The van der Waals surface area contributed by atoms with E-state index in [1.807, 2.05) is 30.8 Å². The monoisotopic (exact) mass is 304 g/mol. The van der Waals surface area contributed by atoms with Crippen LogP contribution in [0.2, 0.25) is 0 Å². The van der Waals surface area contributed by atoms with E-state index in [1.54, 1.807) is 0 Å². The molecule has 0 amide bonds. The van der Waals surface area contributed by atoms with Crippen molar-refractivity contribution in [3.05, 3.63) is 33.9 Å². The van der Waals surface area contributed by atoms with E-state index in [-0.39, 0.29) is 0 Å². The van der Waals surface area contributed by atoms with Crippen LogP contribution in [0.3, 0.4) is 0 Å². The van der Waals surface area contributed by atoms with Crippen molar-refractivity contribution in [1.29, 1.82) is 0 Å². The lowest BCUT2D eigenvalue weighted by atomic mass is 10.2. The molecule has 0 atom stereocenters. The molecule has 92 valence electrons. The van der Waals surface area contributed by atoms with Gasteiger partial charge in [0.2, 0.25) is 0 Å². The molecule has 0 aliphatic rings. The molecule has 18 heavy (non-hydrogen) atoms. The Balaban J connectivity index is 2.25. The predicted molar refractivity (Wildman–Crippen MR) is 75.5 cm³/mol. The van der Waals surface area contributed by atoms with Crippen LogP contribution in [0.1, 0.15) is 11.3 Å². The quantitative estimate of drug-likeness (QED) is 0.749. The lowest BCUT2D eigenvalue weighted by Gasteiger charge is -1.95. The molecule has 0 bridgehead atoms. The summed E-state index contributed by atoms with van der Waals surface area (Å²) in [6, 6.07) is 6.14. The number of rotatable bonds is 1. The maximum Gasteiger partial charge on any atom is 0.156 e. The van der Waals surface area contributed by atoms with Gasteiger partial charge >= 0.3 is 0 Å². The fraction of sp³-hybridized carbons (Fsp3) is 0.231. The molecular weight excluding hydrogens is 292 g/mol. The molecule has 1 N–H and O–H groups in total. The maximum absolute atomic E-state index is 4.66. The van der Waals surface area contributed by atoms with Crippen LogP contribution in [-0.2, 0) is 7.05 Å². The van der Waals surface area contributed by atoms with E-state index < -0.39 is 0 Å². The number of H-pyrrole nitrogens is 1. The molecule has 0 saturated heterocycles. The van der Waals surface area contributed by atoms with Gasteiger partial charge < -0.3 is 4.98 Å². The van der Waals surface area contributed by atoms with E-state index in [0.717, 1.165) is 38.3 Å². The third-order valence-corrected chi connectivity index (χ3v) is 3.44. The Bertz CT molecular complexity index is 739. The second kappa shape index (κ2) is 3.95. The highest BCUT2D eigenvalue weighted by Gasteiger charge is 2.11. The largest absolute Gasteiger partial charge is 0.337 e. The highest BCUT2D eigenvalue weighted by molar-refractivity contribution is 9.10. The van der Waals surface area contributed by atoms with Gasteiger partial charge in [-0.3, -0.25) is 4.68 Å².